The van der Waals surface area contributed by atoms with Crippen molar-refractivity contribution >= 4 is 23.4 Å². The van der Waals surface area contributed by atoms with Gasteiger partial charge in [0, 0.05) is 17.3 Å². The SMILES string of the molecule is COc1ccc(NC(=O)CSc2nnc(-c3ccc(F)cc3)n2N)cc1OC. The van der Waals surface area contributed by atoms with Crippen molar-refractivity contribution in [1.82, 2.24) is 14.9 Å². The van der Waals surface area contributed by atoms with Crippen molar-refractivity contribution in [2.75, 3.05) is 31.1 Å². The smallest absolute Gasteiger partial charge is 0.234 e. The molecule has 146 valence electrons. The molecule has 3 aromatic rings. The van der Waals surface area contributed by atoms with Gasteiger partial charge in [-0.05, 0) is 36.4 Å². The lowest BCUT2D eigenvalue weighted by Gasteiger charge is -2.10. The highest BCUT2D eigenvalue weighted by Gasteiger charge is 2.14. The van der Waals surface area contributed by atoms with Gasteiger partial charge in [0.2, 0.25) is 11.1 Å². The van der Waals surface area contributed by atoms with Crippen LogP contribution < -0.4 is 20.6 Å². The second kappa shape index (κ2) is 8.61. The zero-order valence-corrected chi connectivity index (χ0v) is 16.0. The summed E-state index contributed by atoms with van der Waals surface area (Å²) in [5.41, 5.74) is 1.20. The van der Waals surface area contributed by atoms with E-state index in [1.165, 1.54) is 31.0 Å². The lowest BCUT2D eigenvalue weighted by Crippen LogP contribution is -2.16. The lowest BCUT2D eigenvalue weighted by molar-refractivity contribution is -0.113. The Balaban J connectivity index is 1.63. The number of nitrogens with zero attached hydrogens (tertiary/aromatic N) is 3. The Morgan fingerprint density at radius 2 is 1.86 bits per heavy atom. The number of nitrogens with two attached hydrogens (primary N) is 1. The highest BCUT2D eigenvalue weighted by molar-refractivity contribution is 7.99. The molecule has 0 saturated carbocycles. The highest BCUT2D eigenvalue weighted by Crippen LogP contribution is 2.30. The average molecular weight is 403 g/mol. The van der Waals surface area contributed by atoms with E-state index in [1.807, 2.05) is 0 Å². The number of carbonyl (C=O) groups excluding carboxylic acids is 1. The summed E-state index contributed by atoms with van der Waals surface area (Å²) in [6, 6.07) is 10.8. The predicted molar refractivity (Wildman–Crippen MR) is 104 cm³/mol. The van der Waals surface area contributed by atoms with Crippen LogP contribution in [0.1, 0.15) is 0 Å². The van der Waals surface area contributed by atoms with Crippen LogP contribution in [0.2, 0.25) is 0 Å². The van der Waals surface area contributed by atoms with Crippen LogP contribution in [0.3, 0.4) is 0 Å². The number of nitrogens with one attached hydrogen (secondary N) is 1. The molecule has 8 nitrogen and oxygen atoms in total. The summed E-state index contributed by atoms with van der Waals surface area (Å²) in [6.07, 6.45) is 0. The number of benzene rings is 2. The fourth-order valence-electron chi connectivity index (χ4n) is 2.41. The van der Waals surface area contributed by atoms with Crippen LogP contribution in [-0.4, -0.2) is 40.8 Å². The summed E-state index contributed by atoms with van der Waals surface area (Å²) in [5, 5.41) is 11.1. The molecule has 0 spiro atoms. The molecule has 1 heterocycles. The number of hydrogen-bond acceptors (Lipinski definition) is 7. The highest BCUT2D eigenvalue weighted by atomic mass is 32.2. The Morgan fingerprint density at radius 1 is 1.14 bits per heavy atom. The number of nitrogen functional groups attached to an aromatic ring is 1. The summed E-state index contributed by atoms with van der Waals surface area (Å²) >= 11 is 1.13. The van der Waals surface area contributed by atoms with Gasteiger partial charge in [-0.25, -0.2) is 9.07 Å². The summed E-state index contributed by atoms with van der Waals surface area (Å²) in [4.78, 5) is 12.2. The van der Waals surface area contributed by atoms with Gasteiger partial charge in [0.25, 0.3) is 0 Å². The van der Waals surface area contributed by atoms with Crippen molar-refractivity contribution in [3.8, 4) is 22.9 Å². The number of methoxy groups -OCH3 is 2. The molecule has 0 aliphatic rings. The maximum Gasteiger partial charge on any atom is 0.234 e. The van der Waals surface area contributed by atoms with Crippen molar-refractivity contribution in [1.29, 1.82) is 0 Å². The Morgan fingerprint density at radius 3 is 2.54 bits per heavy atom. The second-order valence-corrected chi connectivity index (χ2v) is 6.53. The van der Waals surface area contributed by atoms with E-state index in [0.717, 1.165) is 11.8 Å². The first kappa shape index (κ1) is 19.5. The van der Waals surface area contributed by atoms with Gasteiger partial charge in [-0.1, -0.05) is 11.8 Å². The van der Waals surface area contributed by atoms with Crippen LogP contribution in [0.4, 0.5) is 10.1 Å². The quantitative estimate of drug-likeness (QED) is 0.461. The molecular weight excluding hydrogens is 385 g/mol. The minimum absolute atomic E-state index is 0.0765. The molecule has 0 bridgehead atoms. The number of anilines is 1. The van der Waals surface area contributed by atoms with E-state index in [9.17, 15) is 9.18 Å². The number of halogens is 1. The van der Waals surface area contributed by atoms with Crippen LogP contribution in [0, 0.1) is 5.82 Å². The number of hydrogen-bond donors (Lipinski definition) is 2. The molecule has 1 aromatic heterocycles. The van der Waals surface area contributed by atoms with Gasteiger partial charge < -0.3 is 20.6 Å². The van der Waals surface area contributed by atoms with E-state index < -0.39 is 0 Å². The molecule has 0 unspecified atom stereocenters. The number of aromatic nitrogens is 3. The van der Waals surface area contributed by atoms with Crippen molar-refractivity contribution in [2.24, 2.45) is 0 Å². The molecule has 10 heteroatoms. The van der Waals surface area contributed by atoms with Gasteiger partial charge in [-0.3, -0.25) is 4.79 Å². The molecule has 0 radical (unpaired) electrons. The molecule has 2 aromatic carbocycles. The first-order chi connectivity index (χ1) is 13.5. The zero-order chi connectivity index (χ0) is 20.1. The fraction of sp³-hybridized carbons (Fsp3) is 0.167. The second-order valence-electron chi connectivity index (χ2n) is 5.59. The van der Waals surface area contributed by atoms with Crippen LogP contribution in [0.25, 0.3) is 11.4 Å². The van der Waals surface area contributed by atoms with Crippen molar-refractivity contribution < 1.29 is 18.7 Å². The summed E-state index contributed by atoms with van der Waals surface area (Å²) < 4.78 is 24.7. The molecule has 3 rings (SSSR count). The molecule has 0 fully saturated rings. The standard InChI is InChI=1S/C18H18FN5O3S/c1-26-14-8-7-13(9-15(14)27-2)21-16(25)10-28-18-23-22-17(24(18)20)11-3-5-12(19)6-4-11/h3-9H,10,20H2,1-2H3,(H,21,25). The monoisotopic (exact) mass is 403 g/mol. The van der Waals surface area contributed by atoms with E-state index in [2.05, 4.69) is 15.5 Å². The van der Waals surface area contributed by atoms with Crippen molar-refractivity contribution in [3.63, 3.8) is 0 Å². The number of thioether (sulfide) groups is 1. The minimum Gasteiger partial charge on any atom is -0.493 e. The van der Waals surface area contributed by atoms with E-state index in [4.69, 9.17) is 15.3 Å². The summed E-state index contributed by atoms with van der Waals surface area (Å²) in [6.45, 7) is 0. The largest absolute Gasteiger partial charge is 0.493 e. The fourth-order valence-corrected chi connectivity index (χ4v) is 3.07. The average Bonchev–Trinajstić information content (AvgIpc) is 3.07. The number of amides is 1. The van der Waals surface area contributed by atoms with Gasteiger partial charge in [-0.2, -0.15) is 0 Å². The Bertz CT molecular complexity index is 978. The molecule has 1 amide bonds. The molecule has 3 N–H and O–H groups in total. The normalized spacial score (nSPS) is 10.5. The molecular formula is C18H18FN5O3S. The van der Waals surface area contributed by atoms with Gasteiger partial charge >= 0.3 is 0 Å². The van der Waals surface area contributed by atoms with Crippen molar-refractivity contribution in [2.45, 2.75) is 5.16 Å². The molecule has 0 atom stereocenters. The van der Waals surface area contributed by atoms with E-state index in [-0.39, 0.29) is 17.5 Å². The topological polar surface area (TPSA) is 104 Å². The van der Waals surface area contributed by atoms with E-state index >= 15 is 0 Å². The summed E-state index contributed by atoms with van der Waals surface area (Å²) in [7, 11) is 3.06. The maximum absolute atomic E-state index is 13.0. The predicted octanol–water partition coefficient (Wildman–Crippen LogP) is 2.55. The number of rotatable bonds is 7. The van der Waals surface area contributed by atoms with Gasteiger partial charge in [-0.15, -0.1) is 10.2 Å². The maximum atomic E-state index is 13.0. The third kappa shape index (κ3) is 4.34. The molecule has 0 aliphatic carbocycles. The van der Waals surface area contributed by atoms with E-state index in [1.54, 1.807) is 30.3 Å². The molecule has 0 saturated heterocycles. The number of carbonyl (C=O) groups is 1. The van der Waals surface area contributed by atoms with Gasteiger partial charge in [0.15, 0.2) is 17.3 Å². The number of ether oxygens (including phenoxy) is 2. The molecule has 28 heavy (non-hydrogen) atoms. The van der Waals surface area contributed by atoms with Crippen molar-refractivity contribution in [3.05, 3.63) is 48.3 Å². The minimum atomic E-state index is -0.353. The van der Waals surface area contributed by atoms with Crippen LogP contribution >= 0.6 is 11.8 Å². The first-order valence-corrected chi connectivity index (χ1v) is 9.11. The van der Waals surface area contributed by atoms with Crippen LogP contribution in [0.5, 0.6) is 11.5 Å². The van der Waals surface area contributed by atoms with Crippen LogP contribution in [0.15, 0.2) is 47.6 Å². The third-order valence-corrected chi connectivity index (χ3v) is 4.71. The van der Waals surface area contributed by atoms with Gasteiger partial charge in [0.1, 0.15) is 5.82 Å². The first-order valence-electron chi connectivity index (χ1n) is 8.13. The molecule has 0 aliphatic heterocycles. The zero-order valence-electron chi connectivity index (χ0n) is 15.2. The Hall–Kier alpha value is -3.27. The van der Waals surface area contributed by atoms with Gasteiger partial charge in [0.05, 0.1) is 20.0 Å². The Labute approximate surface area is 164 Å². The van der Waals surface area contributed by atoms with Crippen LogP contribution in [-0.2, 0) is 4.79 Å². The summed E-state index contributed by atoms with van der Waals surface area (Å²) in [5.74, 6) is 6.93. The third-order valence-electron chi connectivity index (χ3n) is 3.77. The lowest BCUT2D eigenvalue weighted by atomic mass is 10.2. The van der Waals surface area contributed by atoms with E-state index in [0.29, 0.717) is 33.7 Å². The Kier molecular flexibility index (Phi) is 5.99.